The van der Waals surface area contributed by atoms with E-state index in [2.05, 4.69) is 11.2 Å². The smallest absolute Gasteiger partial charge is 0.341 e. The van der Waals surface area contributed by atoms with Gasteiger partial charge in [-0.05, 0) is 55.4 Å². The molecule has 0 unspecified atom stereocenters. The average molecular weight is 409 g/mol. The quantitative estimate of drug-likeness (QED) is 0.647. The first-order chi connectivity index (χ1) is 14.0. The molecule has 0 saturated heterocycles. The van der Waals surface area contributed by atoms with Crippen LogP contribution in [0.2, 0.25) is 5.02 Å². The van der Waals surface area contributed by atoms with E-state index in [0.29, 0.717) is 11.6 Å². The van der Waals surface area contributed by atoms with E-state index in [1.54, 1.807) is 0 Å². The molecule has 29 heavy (non-hydrogen) atoms. The van der Waals surface area contributed by atoms with Crippen LogP contribution in [0.15, 0.2) is 65.5 Å². The highest BCUT2D eigenvalue weighted by molar-refractivity contribution is 6.30. The van der Waals surface area contributed by atoms with Gasteiger partial charge >= 0.3 is 5.97 Å². The number of hydrogen-bond donors (Lipinski definition) is 1. The van der Waals surface area contributed by atoms with Gasteiger partial charge in [0.1, 0.15) is 5.56 Å². The Morgan fingerprint density at radius 3 is 2.38 bits per heavy atom. The average Bonchev–Trinajstić information content (AvgIpc) is 2.74. The summed E-state index contributed by atoms with van der Waals surface area (Å²) in [6, 6.07) is 18.5. The zero-order valence-corrected chi connectivity index (χ0v) is 16.5. The van der Waals surface area contributed by atoms with Gasteiger partial charge in [-0.3, -0.25) is 4.79 Å². The van der Waals surface area contributed by atoms with Crippen molar-refractivity contribution in [1.82, 2.24) is 9.78 Å². The molecule has 0 bridgehead atoms. The van der Waals surface area contributed by atoms with E-state index in [1.807, 2.05) is 48.5 Å². The minimum atomic E-state index is -1.23. The van der Waals surface area contributed by atoms with Crippen LogP contribution in [0, 0.1) is 0 Å². The highest BCUT2D eigenvalue weighted by atomic mass is 35.5. The molecule has 1 heterocycles. The van der Waals surface area contributed by atoms with Crippen LogP contribution >= 0.6 is 11.6 Å². The largest absolute Gasteiger partial charge is 0.477 e. The fourth-order valence-electron chi connectivity index (χ4n) is 4.08. The second-order valence-corrected chi connectivity index (χ2v) is 7.86. The van der Waals surface area contributed by atoms with Crippen molar-refractivity contribution in [1.29, 1.82) is 0 Å². The molecule has 2 aromatic carbocycles. The van der Waals surface area contributed by atoms with E-state index in [0.717, 1.165) is 36.3 Å². The first kappa shape index (κ1) is 19.4. The minimum absolute atomic E-state index is 0.111. The normalized spacial score (nSPS) is 19.1. The topological polar surface area (TPSA) is 72.2 Å². The fraction of sp³-hybridized carbons (Fsp3) is 0.261. The molecule has 3 aromatic rings. The van der Waals surface area contributed by atoms with Gasteiger partial charge in [0.15, 0.2) is 0 Å². The maximum atomic E-state index is 12.8. The minimum Gasteiger partial charge on any atom is -0.477 e. The molecule has 1 aliphatic carbocycles. The number of carboxylic acid groups (broad SMARTS) is 1. The van der Waals surface area contributed by atoms with Gasteiger partial charge in [-0.2, -0.15) is 5.10 Å². The summed E-state index contributed by atoms with van der Waals surface area (Å²) < 4.78 is 1.39. The number of rotatable bonds is 4. The number of aromatic carboxylic acids is 1. The Balaban J connectivity index is 1.64. The molecular formula is C23H21ClN2O3. The highest BCUT2D eigenvalue weighted by Crippen LogP contribution is 2.38. The maximum Gasteiger partial charge on any atom is 0.341 e. The molecule has 5 nitrogen and oxygen atoms in total. The second-order valence-electron chi connectivity index (χ2n) is 7.42. The third-order valence-corrected chi connectivity index (χ3v) is 5.83. The van der Waals surface area contributed by atoms with Crippen LogP contribution < -0.4 is 5.56 Å². The van der Waals surface area contributed by atoms with Gasteiger partial charge in [0.05, 0.1) is 11.7 Å². The summed E-state index contributed by atoms with van der Waals surface area (Å²) in [7, 11) is 0. The lowest BCUT2D eigenvalue weighted by Crippen LogP contribution is -2.33. The molecular weight excluding hydrogens is 388 g/mol. The van der Waals surface area contributed by atoms with Crippen molar-refractivity contribution in [2.24, 2.45) is 0 Å². The van der Waals surface area contributed by atoms with Gasteiger partial charge in [-0.15, -0.1) is 0 Å². The van der Waals surface area contributed by atoms with Crippen molar-refractivity contribution >= 4 is 17.6 Å². The molecule has 0 amide bonds. The van der Waals surface area contributed by atoms with E-state index in [-0.39, 0.29) is 11.6 Å². The molecule has 0 spiro atoms. The Bertz CT molecular complexity index is 1090. The molecule has 0 aliphatic heterocycles. The third-order valence-electron chi connectivity index (χ3n) is 5.60. The molecule has 0 radical (unpaired) electrons. The monoisotopic (exact) mass is 408 g/mol. The van der Waals surface area contributed by atoms with E-state index < -0.39 is 11.5 Å². The predicted molar refractivity (Wildman–Crippen MR) is 113 cm³/mol. The molecule has 6 heteroatoms. The molecule has 1 aliphatic rings. The molecule has 1 fully saturated rings. The van der Waals surface area contributed by atoms with Gasteiger partial charge in [0, 0.05) is 10.6 Å². The Morgan fingerprint density at radius 1 is 1.00 bits per heavy atom. The van der Waals surface area contributed by atoms with Crippen LogP contribution in [0.3, 0.4) is 0 Å². The van der Waals surface area contributed by atoms with Gasteiger partial charge in [-0.1, -0.05) is 54.1 Å². The first-order valence-electron chi connectivity index (χ1n) is 9.71. The van der Waals surface area contributed by atoms with Crippen LogP contribution in [-0.4, -0.2) is 20.9 Å². The highest BCUT2D eigenvalue weighted by Gasteiger charge is 2.27. The first-order valence-corrected chi connectivity index (χ1v) is 10.1. The Kier molecular flexibility index (Phi) is 5.49. The zero-order valence-electron chi connectivity index (χ0n) is 15.8. The van der Waals surface area contributed by atoms with E-state index in [9.17, 15) is 14.7 Å². The number of aromatic nitrogens is 2. The third kappa shape index (κ3) is 4.10. The van der Waals surface area contributed by atoms with Crippen molar-refractivity contribution < 1.29 is 9.90 Å². The summed E-state index contributed by atoms with van der Waals surface area (Å²) in [5.74, 6) is -0.840. The summed E-state index contributed by atoms with van der Waals surface area (Å²) in [4.78, 5) is 24.4. The van der Waals surface area contributed by atoms with Crippen LogP contribution in [0.5, 0.6) is 0 Å². The number of nitrogens with zero attached hydrogens (tertiary/aromatic N) is 2. The molecule has 1 aromatic heterocycles. The van der Waals surface area contributed by atoms with Crippen molar-refractivity contribution in [3.63, 3.8) is 0 Å². The van der Waals surface area contributed by atoms with Gasteiger partial charge in [0.25, 0.3) is 5.56 Å². The Morgan fingerprint density at radius 2 is 1.72 bits per heavy atom. The summed E-state index contributed by atoms with van der Waals surface area (Å²) in [6.45, 7) is 0. The van der Waals surface area contributed by atoms with Crippen LogP contribution in [0.1, 0.15) is 53.6 Å². The maximum absolute atomic E-state index is 12.8. The molecule has 4 rings (SSSR count). The number of carbonyl (C=O) groups is 1. The predicted octanol–water partition coefficient (Wildman–Crippen LogP) is 5.16. The van der Waals surface area contributed by atoms with E-state index in [1.165, 1.54) is 16.3 Å². The lowest BCUT2D eigenvalue weighted by molar-refractivity contribution is 0.0693. The second kappa shape index (κ2) is 8.21. The van der Waals surface area contributed by atoms with Gasteiger partial charge < -0.3 is 5.11 Å². The number of benzene rings is 2. The van der Waals surface area contributed by atoms with Crippen molar-refractivity contribution in [3.05, 3.63) is 87.2 Å². The molecule has 1 N–H and O–H groups in total. The molecule has 1 saturated carbocycles. The standard InChI is InChI=1S/C23H21ClN2O3/c24-18-8-4-7-17(13-18)15-9-11-19(12-10-15)26-22(27)20(23(28)29)14-21(25-26)16-5-2-1-3-6-16/h1-8,13-15,19H,9-12H2,(H,28,29). The fourth-order valence-corrected chi connectivity index (χ4v) is 4.28. The van der Waals surface area contributed by atoms with Crippen LogP contribution in [-0.2, 0) is 0 Å². The zero-order chi connectivity index (χ0) is 20.4. The Labute approximate surface area is 173 Å². The summed E-state index contributed by atoms with van der Waals surface area (Å²) >= 11 is 6.12. The van der Waals surface area contributed by atoms with Gasteiger partial charge in [0.2, 0.25) is 0 Å². The van der Waals surface area contributed by atoms with Crippen molar-refractivity contribution in [2.45, 2.75) is 37.6 Å². The van der Waals surface area contributed by atoms with Crippen molar-refractivity contribution in [3.8, 4) is 11.3 Å². The molecule has 0 atom stereocenters. The Hall–Kier alpha value is -2.92. The SMILES string of the molecule is O=C(O)c1cc(-c2ccccc2)nn(C2CCC(c3cccc(Cl)c3)CC2)c1=O. The number of carboxylic acids is 1. The van der Waals surface area contributed by atoms with Crippen LogP contribution in [0.25, 0.3) is 11.3 Å². The lowest BCUT2D eigenvalue weighted by Gasteiger charge is -2.29. The van der Waals surface area contributed by atoms with E-state index >= 15 is 0 Å². The number of halogens is 1. The molecule has 148 valence electrons. The van der Waals surface area contributed by atoms with Gasteiger partial charge in [-0.25, -0.2) is 9.48 Å². The van der Waals surface area contributed by atoms with Crippen molar-refractivity contribution in [2.75, 3.05) is 0 Å². The summed E-state index contributed by atoms with van der Waals surface area (Å²) in [6.07, 6.45) is 3.33. The number of hydrogen-bond acceptors (Lipinski definition) is 3. The summed E-state index contributed by atoms with van der Waals surface area (Å²) in [5, 5.41) is 14.8. The lowest BCUT2D eigenvalue weighted by atomic mass is 9.82. The van der Waals surface area contributed by atoms with Crippen LogP contribution in [0.4, 0.5) is 0 Å². The van der Waals surface area contributed by atoms with E-state index in [4.69, 9.17) is 11.6 Å². The summed E-state index contributed by atoms with van der Waals surface area (Å²) in [5.41, 5.74) is 1.72.